The van der Waals surface area contributed by atoms with Gasteiger partial charge in [0.2, 0.25) is 0 Å². The van der Waals surface area contributed by atoms with E-state index in [9.17, 15) is 14.4 Å². The Morgan fingerprint density at radius 3 is 0.925 bits per heavy atom. The molecule has 0 amide bonds. The van der Waals surface area contributed by atoms with Gasteiger partial charge in [-0.05, 0) is 31.1 Å². The van der Waals surface area contributed by atoms with E-state index >= 15 is 0 Å². The van der Waals surface area contributed by atoms with Gasteiger partial charge in [-0.3, -0.25) is 14.4 Å². The van der Waals surface area contributed by atoms with E-state index < -0.39 is 6.10 Å². The average molecular weight is 751 g/mol. The topological polar surface area (TPSA) is 78.9 Å². The van der Waals surface area contributed by atoms with E-state index in [1.165, 1.54) is 141 Å². The zero-order chi connectivity index (χ0) is 39.0. The summed E-state index contributed by atoms with van der Waals surface area (Å²) in [5.74, 6) is 0.783. The van der Waals surface area contributed by atoms with Crippen LogP contribution in [0, 0.1) is 11.8 Å². The first-order valence-corrected chi connectivity index (χ1v) is 23.2. The average Bonchev–Trinajstić information content (AvgIpc) is 3.12. The summed E-state index contributed by atoms with van der Waals surface area (Å²) in [6.07, 6.45) is 38.1. The molecule has 0 aliphatic rings. The van der Waals surface area contributed by atoms with Crippen molar-refractivity contribution in [1.82, 2.24) is 0 Å². The Balaban J connectivity index is 4.24. The van der Waals surface area contributed by atoms with Crippen molar-refractivity contribution in [2.45, 2.75) is 259 Å². The van der Waals surface area contributed by atoms with Crippen molar-refractivity contribution in [3.63, 3.8) is 0 Å². The van der Waals surface area contributed by atoms with Crippen molar-refractivity contribution in [3.8, 4) is 0 Å². The van der Waals surface area contributed by atoms with E-state index in [0.29, 0.717) is 19.3 Å². The monoisotopic (exact) mass is 751 g/mol. The number of esters is 3. The minimum Gasteiger partial charge on any atom is -0.462 e. The van der Waals surface area contributed by atoms with Gasteiger partial charge in [0.1, 0.15) is 13.2 Å². The van der Waals surface area contributed by atoms with Gasteiger partial charge in [-0.1, -0.05) is 214 Å². The number of carbonyl (C=O) groups excluding carboxylic acids is 3. The summed E-state index contributed by atoms with van der Waals surface area (Å²) in [5, 5.41) is 0. The molecule has 0 N–H and O–H groups in total. The molecular formula is C47H90O6. The molecule has 0 aromatic rings. The SMILES string of the molecule is CCCCCCCCCC(=O)OC[C@H](COC(=O)CCCCCCCCCCCCCCCC(C)C)OC(=O)CCCCCCCCCCCC(C)C. The summed E-state index contributed by atoms with van der Waals surface area (Å²) in [5.41, 5.74) is 0. The number of hydrogen-bond donors (Lipinski definition) is 0. The van der Waals surface area contributed by atoms with E-state index in [-0.39, 0.29) is 31.1 Å². The van der Waals surface area contributed by atoms with Gasteiger partial charge < -0.3 is 14.2 Å². The minimum absolute atomic E-state index is 0.0651. The van der Waals surface area contributed by atoms with Crippen LogP contribution in [0.4, 0.5) is 0 Å². The molecule has 0 saturated carbocycles. The quantitative estimate of drug-likeness (QED) is 0.0352. The van der Waals surface area contributed by atoms with Crippen molar-refractivity contribution in [1.29, 1.82) is 0 Å². The molecule has 0 spiro atoms. The Labute approximate surface area is 329 Å². The Morgan fingerprint density at radius 2 is 0.623 bits per heavy atom. The van der Waals surface area contributed by atoms with Gasteiger partial charge in [0.05, 0.1) is 0 Å². The van der Waals surface area contributed by atoms with Crippen molar-refractivity contribution >= 4 is 17.9 Å². The third-order valence-corrected chi connectivity index (χ3v) is 10.5. The number of ether oxygens (including phenoxy) is 3. The van der Waals surface area contributed by atoms with Crippen LogP contribution < -0.4 is 0 Å². The fraction of sp³-hybridized carbons (Fsp3) is 0.936. The first-order valence-electron chi connectivity index (χ1n) is 23.2. The molecular weight excluding hydrogens is 661 g/mol. The second-order valence-corrected chi connectivity index (χ2v) is 17.0. The summed E-state index contributed by atoms with van der Waals surface area (Å²) in [6, 6.07) is 0. The van der Waals surface area contributed by atoms with Crippen LogP contribution in [0.25, 0.3) is 0 Å². The van der Waals surface area contributed by atoms with Crippen molar-refractivity contribution in [2.24, 2.45) is 11.8 Å². The summed E-state index contributed by atoms with van der Waals surface area (Å²) < 4.78 is 16.7. The maximum absolute atomic E-state index is 12.7. The van der Waals surface area contributed by atoms with Gasteiger partial charge in [0.25, 0.3) is 0 Å². The molecule has 0 fully saturated rings. The molecule has 0 aromatic heterocycles. The molecule has 53 heavy (non-hydrogen) atoms. The van der Waals surface area contributed by atoms with Crippen LogP contribution in [-0.4, -0.2) is 37.2 Å². The van der Waals surface area contributed by atoms with Crippen LogP contribution in [0.2, 0.25) is 0 Å². The molecule has 0 bridgehead atoms. The number of carbonyl (C=O) groups is 3. The third kappa shape index (κ3) is 41.4. The fourth-order valence-electron chi connectivity index (χ4n) is 6.93. The lowest BCUT2D eigenvalue weighted by Crippen LogP contribution is -2.30. The lowest BCUT2D eigenvalue weighted by atomic mass is 10.0. The van der Waals surface area contributed by atoms with Gasteiger partial charge in [0.15, 0.2) is 6.10 Å². The Bertz CT molecular complexity index is 809. The van der Waals surface area contributed by atoms with E-state index in [1.54, 1.807) is 0 Å². The molecule has 0 aliphatic heterocycles. The normalized spacial score (nSPS) is 12.1. The maximum atomic E-state index is 12.7. The van der Waals surface area contributed by atoms with Gasteiger partial charge in [0, 0.05) is 19.3 Å². The lowest BCUT2D eigenvalue weighted by Gasteiger charge is -2.18. The summed E-state index contributed by atoms with van der Waals surface area (Å²) in [4.78, 5) is 37.6. The van der Waals surface area contributed by atoms with E-state index in [1.807, 2.05) is 0 Å². The van der Waals surface area contributed by atoms with Crippen LogP contribution in [0.15, 0.2) is 0 Å². The second kappa shape index (κ2) is 40.1. The minimum atomic E-state index is -0.759. The highest BCUT2D eigenvalue weighted by Crippen LogP contribution is 2.17. The second-order valence-electron chi connectivity index (χ2n) is 17.0. The van der Waals surface area contributed by atoms with Crippen LogP contribution in [0.5, 0.6) is 0 Å². The maximum Gasteiger partial charge on any atom is 0.306 e. The van der Waals surface area contributed by atoms with Gasteiger partial charge in [-0.2, -0.15) is 0 Å². The largest absolute Gasteiger partial charge is 0.462 e. The predicted octanol–water partition coefficient (Wildman–Crippen LogP) is 14.6. The molecule has 0 aliphatic carbocycles. The van der Waals surface area contributed by atoms with E-state index in [2.05, 4.69) is 34.6 Å². The zero-order valence-electron chi connectivity index (χ0n) is 36.1. The Kier molecular flexibility index (Phi) is 38.9. The number of rotatable bonds is 41. The molecule has 6 nitrogen and oxygen atoms in total. The van der Waals surface area contributed by atoms with Crippen LogP contribution in [-0.2, 0) is 28.6 Å². The molecule has 0 radical (unpaired) electrons. The van der Waals surface area contributed by atoms with Crippen molar-refractivity contribution in [3.05, 3.63) is 0 Å². The lowest BCUT2D eigenvalue weighted by molar-refractivity contribution is -0.167. The first kappa shape index (κ1) is 51.4. The first-order chi connectivity index (χ1) is 25.7. The molecule has 0 unspecified atom stereocenters. The van der Waals surface area contributed by atoms with Crippen LogP contribution in [0.1, 0.15) is 253 Å². The smallest absolute Gasteiger partial charge is 0.306 e. The molecule has 0 aromatic carbocycles. The predicted molar refractivity (Wildman–Crippen MR) is 224 cm³/mol. The van der Waals surface area contributed by atoms with Gasteiger partial charge >= 0.3 is 17.9 Å². The molecule has 314 valence electrons. The van der Waals surface area contributed by atoms with Crippen molar-refractivity contribution < 1.29 is 28.6 Å². The highest BCUT2D eigenvalue weighted by molar-refractivity contribution is 5.71. The van der Waals surface area contributed by atoms with Crippen LogP contribution in [0.3, 0.4) is 0 Å². The summed E-state index contributed by atoms with van der Waals surface area (Å²) >= 11 is 0. The number of unbranched alkanes of at least 4 members (excludes halogenated alkanes) is 26. The zero-order valence-corrected chi connectivity index (χ0v) is 36.1. The summed E-state index contributed by atoms with van der Waals surface area (Å²) in [6.45, 7) is 11.3. The molecule has 6 heteroatoms. The van der Waals surface area contributed by atoms with E-state index in [4.69, 9.17) is 14.2 Å². The van der Waals surface area contributed by atoms with Gasteiger partial charge in [-0.25, -0.2) is 0 Å². The fourth-order valence-corrected chi connectivity index (χ4v) is 6.93. The summed E-state index contributed by atoms with van der Waals surface area (Å²) in [7, 11) is 0. The Hall–Kier alpha value is -1.59. The molecule has 0 saturated heterocycles. The molecule has 1 atom stereocenters. The van der Waals surface area contributed by atoms with E-state index in [0.717, 1.165) is 69.6 Å². The van der Waals surface area contributed by atoms with Crippen LogP contribution >= 0.6 is 0 Å². The standard InChI is InChI=1S/C47H90O6/c1-6-7-8-9-20-27-32-37-45(48)51-40-44(53-47(50)39-34-29-24-19-15-17-22-26-31-36-43(4)5)41-52-46(49)38-33-28-23-18-14-12-10-11-13-16-21-25-30-35-42(2)3/h42-44H,6-41H2,1-5H3/t44-/m1/s1. The van der Waals surface area contributed by atoms with Crippen molar-refractivity contribution in [2.75, 3.05) is 13.2 Å². The molecule has 0 rings (SSSR count). The Morgan fingerprint density at radius 1 is 0.358 bits per heavy atom. The highest BCUT2D eigenvalue weighted by Gasteiger charge is 2.19. The molecule has 0 heterocycles. The highest BCUT2D eigenvalue weighted by atomic mass is 16.6. The number of hydrogen-bond acceptors (Lipinski definition) is 6. The third-order valence-electron chi connectivity index (χ3n) is 10.5. The van der Waals surface area contributed by atoms with Gasteiger partial charge in [-0.15, -0.1) is 0 Å².